The summed E-state index contributed by atoms with van der Waals surface area (Å²) in [6.07, 6.45) is 1.17. The fraction of sp³-hybridized carbons (Fsp3) is 0.259. The summed E-state index contributed by atoms with van der Waals surface area (Å²) in [7, 11) is 0. The van der Waals surface area contributed by atoms with E-state index in [1.807, 2.05) is 30.3 Å². The Morgan fingerprint density at radius 3 is 2.56 bits per heavy atom. The van der Waals surface area contributed by atoms with Gasteiger partial charge in [-0.2, -0.15) is 0 Å². The number of hydrogen-bond donors (Lipinski definition) is 2. The number of benzene rings is 3. The Balaban J connectivity index is 1.51. The summed E-state index contributed by atoms with van der Waals surface area (Å²) < 4.78 is 19.4. The molecule has 0 spiro atoms. The molecule has 7 heteroatoms. The van der Waals surface area contributed by atoms with Gasteiger partial charge >= 0.3 is 0 Å². The maximum atomic E-state index is 13.7. The van der Waals surface area contributed by atoms with Crippen LogP contribution in [0.15, 0.2) is 59.1 Å². The number of ketones is 1. The number of carbonyl (C=O) groups excluding carboxylic acids is 1. The largest absolute Gasteiger partial charge is 0.358 e. The van der Waals surface area contributed by atoms with Crippen molar-refractivity contribution in [3.8, 4) is 11.3 Å². The van der Waals surface area contributed by atoms with Gasteiger partial charge < -0.3 is 19.6 Å². The van der Waals surface area contributed by atoms with Crippen LogP contribution >= 0.6 is 0 Å². The Hall–Kier alpha value is -3.71. The van der Waals surface area contributed by atoms with E-state index >= 15 is 0 Å². The van der Waals surface area contributed by atoms with Crippen LogP contribution in [0, 0.1) is 5.82 Å². The molecule has 2 N–H and O–H groups in total. The Bertz CT molecular complexity index is 1390. The van der Waals surface area contributed by atoms with Gasteiger partial charge in [0.25, 0.3) is 0 Å². The van der Waals surface area contributed by atoms with Crippen molar-refractivity contribution in [2.45, 2.75) is 13.3 Å². The van der Waals surface area contributed by atoms with Gasteiger partial charge in [0.15, 0.2) is 11.5 Å². The van der Waals surface area contributed by atoms with E-state index in [4.69, 9.17) is 4.52 Å². The van der Waals surface area contributed by atoms with E-state index in [0.717, 1.165) is 48.3 Å². The second-order valence-corrected chi connectivity index (χ2v) is 9.05. The normalized spacial score (nSPS) is 15.6. The molecular weight excluding hydrogens is 431 g/mol. The molecule has 1 aliphatic carbocycles. The number of rotatable bonds is 5. The smallest absolute Gasteiger partial charge is 0.196 e. The second kappa shape index (κ2) is 8.25. The van der Waals surface area contributed by atoms with E-state index in [1.54, 1.807) is 17.0 Å². The van der Waals surface area contributed by atoms with Crippen molar-refractivity contribution in [3.63, 3.8) is 0 Å². The monoisotopic (exact) mass is 457 g/mol. The quantitative estimate of drug-likeness (QED) is 0.417. The highest BCUT2D eigenvalue weighted by Crippen LogP contribution is 2.46. The molecule has 6 nitrogen and oxygen atoms in total. The summed E-state index contributed by atoms with van der Waals surface area (Å²) in [5, 5.41) is 8.58. The molecule has 0 unspecified atom stereocenters. The fourth-order valence-electron chi connectivity index (χ4n) is 5.24. The lowest BCUT2D eigenvalue weighted by Crippen LogP contribution is -3.14. The minimum Gasteiger partial charge on any atom is -0.358 e. The summed E-state index contributed by atoms with van der Waals surface area (Å²) in [5.74, 6) is 0.255. The third-order valence-electron chi connectivity index (χ3n) is 6.92. The van der Waals surface area contributed by atoms with Gasteiger partial charge in [0, 0.05) is 16.8 Å². The molecule has 172 valence electrons. The van der Waals surface area contributed by atoms with Gasteiger partial charge in [-0.25, -0.2) is 4.39 Å². The summed E-state index contributed by atoms with van der Waals surface area (Å²) >= 11 is 0. The minimum atomic E-state index is -0.304. The SMILES string of the molecule is CCC[NH+]1CCN(c2cc(Nc3ccc(F)cc3)c3c4c(onc24)-c2ccccc2C3=O)CC1. The summed E-state index contributed by atoms with van der Waals surface area (Å²) in [4.78, 5) is 17.6. The predicted molar refractivity (Wildman–Crippen MR) is 131 cm³/mol. The van der Waals surface area contributed by atoms with Crippen molar-refractivity contribution in [2.75, 3.05) is 42.9 Å². The molecule has 0 amide bonds. The highest BCUT2D eigenvalue weighted by atomic mass is 19.1. The third kappa shape index (κ3) is 3.35. The van der Waals surface area contributed by atoms with Crippen molar-refractivity contribution in [1.82, 2.24) is 5.16 Å². The van der Waals surface area contributed by atoms with Crippen LogP contribution in [0.25, 0.3) is 22.2 Å². The highest BCUT2D eigenvalue weighted by Gasteiger charge is 2.34. The number of anilines is 3. The standard InChI is InChI=1S/C27H25FN4O2/c1-2-11-31-12-14-32(15-13-31)22-16-21(29-18-9-7-17(28)8-10-18)23-24-25(22)30-34-27(24)20-6-4-3-5-19(20)26(23)33/h3-10,16,29H,2,11-15H2,1H3/p+1. The summed E-state index contributed by atoms with van der Waals surface area (Å²) in [6, 6.07) is 15.7. The van der Waals surface area contributed by atoms with Gasteiger partial charge in [-0.05, 0) is 36.8 Å². The molecular formula is C27H26FN4O2+. The van der Waals surface area contributed by atoms with E-state index in [1.165, 1.54) is 25.1 Å². The maximum absolute atomic E-state index is 13.7. The lowest BCUT2D eigenvalue weighted by atomic mass is 9.86. The molecule has 1 fully saturated rings. The van der Waals surface area contributed by atoms with Gasteiger partial charge in [0.05, 0.1) is 55.0 Å². The number of quaternary nitrogens is 1. The van der Waals surface area contributed by atoms with Crippen LogP contribution in [0.2, 0.25) is 0 Å². The van der Waals surface area contributed by atoms with Crippen molar-refractivity contribution in [3.05, 3.63) is 71.5 Å². The third-order valence-corrected chi connectivity index (χ3v) is 6.92. The number of piperazine rings is 1. The molecule has 0 radical (unpaired) electrons. The van der Waals surface area contributed by atoms with Crippen LogP contribution < -0.4 is 15.1 Å². The van der Waals surface area contributed by atoms with Crippen LogP contribution in [-0.2, 0) is 0 Å². The highest BCUT2D eigenvalue weighted by molar-refractivity contribution is 6.28. The lowest BCUT2D eigenvalue weighted by Gasteiger charge is -2.34. The van der Waals surface area contributed by atoms with E-state index < -0.39 is 0 Å². The zero-order valence-electron chi connectivity index (χ0n) is 19.0. The zero-order valence-corrected chi connectivity index (χ0v) is 19.0. The molecule has 2 heterocycles. The van der Waals surface area contributed by atoms with E-state index in [2.05, 4.69) is 22.3 Å². The molecule has 0 bridgehead atoms. The van der Waals surface area contributed by atoms with Gasteiger partial charge in [0.2, 0.25) is 0 Å². The number of aromatic nitrogens is 1. The Labute approximate surface area is 196 Å². The first-order chi connectivity index (χ1) is 16.6. The summed E-state index contributed by atoms with van der Waals surface area (Å²) in [6.45, 7) is 7.34. The molecule has 6 rings (SSSR count). The molecule has 34 heavy (non-hydrogen) atoms. The van der Waals surface area contributed by atoms with Gasteiger partial charge in [-0.3, -0.25) is 4.79 Å². The molecule has 0 atom stereocenters. The van der Waals surface area contributed by atoms with Crippen molar-refractivity contribution < 1.29 is 18.6 Å². The van der Waals surface area contributed by atoms with E-state index in [-0.39, 0.29) is 11.6 Å². The Morgan fingerprint density at radius 1 is 1.09 bits per heavy atom. The molecule has 4 aromatic rings. The Kier molecular flexibility index (Phi) is 5.07. The van der Waals surface area contributed by atoms with Gasteiger partial charge in [-0.15, -0.1) is 0 Å². The number of hydrogen-bond acceptors (Lipinski definition) is 5. The van der Waals surface area contributed by atoms with E-state index in [9.17, 15) is 9.18 Å². The first-order valence-electron chi connectivity index (χ1n) is 11.9. The minimum absolute atomic E-state index is 0.0651. The molecule has 1 aliphatic heterocycles. The van der Waals surface area contributed by atoms with Crippen molar-refractivity contribution in [2.24, 2.45) is 0 Å². The Morgan fingerprint density at radius 2 is 1.82 bits per heavy atom. The average molecular weight is 458 g/mol. The van der Waals surface area contributed by atoms with Crippen LogP contribution in [0.4, 0.5) is 21.5 Å². The number of fused-ring (bicyclic) bond motifs is 2. The summed E-state index contributed by atoms with van der Waals surface area (Å²) in [5.41, 5.74) is 4.99. The number of carbonyl (C=O) groups is 1. The van der Waals surface area contributed by atoms with Crippen LogP contribution in [0.1, 0.15) is 29.3 Å². The zero-order chi connectivity index (χ0) is 23.2. The first-order valence-corrected chi connectivity index (χ1v) is 11.9. The molecule has 0 saturated carbocycles. The van der Waals surface area contributed by atoms with Crippen molar-refractivity contribution in [1.29, 1.82) is 0 Å². The number of halogens is 1. The van der Waals surface area contributed by atoms with E-state index in [0.29, 0.717) is 28.3 Å². The molecule has 1 saturated heterocycles. The average Bonchev–Trinajstić information content (AvgIpc) is 3.30. The molecule has 1 aromatic heterocycles. The fourth-order valence-corrected chi connectivity index (χ4v) is 5.24. The first kappa shape index (κ1) is 20.9. The topological polar surface area (TPSA) is 62.8 Å². The van der Waals surface area contributed by atoms with Crippen LogP contribution in [0.5, 0.6) is 0 Å². The second-order valence-electron chi connectivity index (χ2n) is 9.05. The lowest BCUT2D eigenvalue weighted by molar-refractivity contribution is -0.900. The predicted octanol–water partition coefficient (Wildman–Crippen LogP) is 4.04. The number of nitrogens with zero attached hydrogens (tertiary/aromatic N) is 2. The van der Waals surface area contributed by atoms with Gasteiger partial charge in [-0.1, -0.05) is 36.3 Å². The van der Waals surface area contributed by atoms with Crippen LogP contribution in [0.3, 0.4) is 0 Å². The van der Waals surface area contributed by atoms with Crippen molar-refractivity contribution >= 4 is 33.7 Å². The molecule has 2 aliphatic rings. The maximum Gasteiger partial charge on any atom is 0.196 e. The number of nitrogens with one attached hydrogen (secondary N) is 2. The molecule has 3 aromatic carbocycles. The van der Waals surface area contributed by atoms with Crippen LogP contribution in [-0.4, -0.2) is 43.7 Å². The van der Waals surface area contributed by atoms with Gasteiger partial charge in [0.1, 0.15) is 11.3 Å².